The number of nitrogens with two attached hydrogens (primary N) is 1. The van der Waals surface area contributed by atoms with Crippen molar-refractivity contribution in [2.45, 2.75) is 186 Å². The molecule has 1 aliphatic heterocycles. The van der Waals surface area contributed by atoms with Gasteiger partial charge in [0.25, 0.3) is 5.91 Å². The van der Waals surface area contributed by atoms with E-state index in [0.717, 1.165) is 17.0 Å². The lowest BCUT2D eigenvalue weighted by molar-refractivity contribution is -0.142. The minimum absolute atomic E-state index is 0.00708. The molecule has 8 rings (SSSR count). The van der Waals surface area contributed by atoms with E-state index in [0.29, 0.717) is 58.8 Å². The highest BCUT2D eigenvalue weighted by Crippen LogP contribution is 2.24. The Morgan fingerprint density at radius 3 is 1.52 bits per heavy atom. The average Bonchev–Trinajstić information content (AvgIpc) is 1.74. The third-order valence-electron chi connectivity index (χ3n) is 19.2. The topological polar surface area (TPSA) is 495 Å². The molecule has 0 radical (unpaired) electrons. The molecule has 1 aliphatic rings. The summed E-state index contributed by atoms with van der Waals surface area (Å²) in [7, 11) is 0. The van der Waals surface area contributed by atoms with Gasteiger partial charge >= 0.3 is 6.01 Å². The first-order valence-electron chi connectivity index (χ1n) is 38.6. The number of rotatable bonds is 41. The van der Waals surface area contributed by atoms with Gasteiger partial charge in [-0.3, -0.25) is 67.3 Å². The molecule has 622 valence electrons. The number of likely N-dealkylation sites (tertiary alicyclic amines) is 1. The number of aliphatic hydroxyl groups excluding tert-OH is 1. The summed E-state index contributed by atoms with van der Waals surface area (Å²) >= 11 is 6.27. The normalized spacial score (nSPS) is 14.8. The van der Waals surface area contributed by atoms with Gasteiger partial charge in [-0.2, -0.15) is 4.98 Å². The van der Waals surface area contributed by atoms with Crippen LogP contribution in [0.25, 0.3) is 10.8 Å². The van der Waals surface area contributed by atoms with E-state index in [2.05, 4.69) is 78.8 Å². The molecule has 17 N–H and O–H groups in total. The zero-order valence-corrected chi connectivity index (χ0v) is 66.8. The first-order chi connectivity index (χ1) is 55.8. The number of hydrogen-bond donors (Lipinski definition) is 16. The second kappa shape index (κ2) is 43.8. The summed E-state index contributed by atoms with van der Waals surface area (Å²) in [4.78, 5) is 196. The van der Waals surface area contributed by atoms with Crippen LogP contribution >= 0.6 is 11.6 Å². The molecule has 7 aromatic rings. The summed E-state index contributed by atoms with van der Waals surface area (Å²) in [6.45, 7) is 11.1. The van der Waals surface area contributed by atoms with Crippen LogP contribution in [0.5, 0.6) is 11.9 Å². The van der Waals surface area contributed by atoms with Crippen LogP contribution in [-0.4, -0.2) is 198 Å². The predicted octanol–water partition coefficient (Wildman–Crippen LogP) is 2.90. The third kappa shape index (κ3) is 28.2. The Bertz CT molecular complexity index is 4660. The number of anilines is 2. The van der Waals surface area contributed by atoms with Gasteiger partial charge in [0.1, 0.15) is 66.0 Å². The third-order valence-corrected chi connectivity index (χ3v) is 19.5. The minimum Gasteiger partial charge on any atom is -0.493 e. The Morgan fingerprint density at radius 2 is 1.01 bits per heavy atom. The molecule has 1 fully saturated rings. The second-order valence-electron chi connectivity index (χ2n) is 29.5. The maximum Gasteiger partial charge on any atom is 0.317 e. The molecular weight excluding hydrogens is 1530 g/mol. The summed E-state index contributed by atoms with van der Waals surface area (Å²) in [6.07, 6.45) is 4.39. The van der Waals surface area contributed by atoms with E-state index in [9.17, 15) is 63.3 Å². The van der Waals surface area contributed by atoms with E-state index in [1.807, 2.05) is 56.3 Å². The van der Waals surface area contributed by atoms with Crippen LogP contribution in [0.15, 0.2) is 146 Å². The summed E-state index contributed by atoms with van der Waals surface area (Å²) in [6, 6.07) is 19.9. The summed E-state index contributed by atoms with van der Waals surface area (Å²) in [5.74, 6) is -11.6. The van der Waals surface area contributed by atoms with Crippen molar-refractivity contribution in [2.75, 3.05) is 30.3 Å². The number of hydrogen-bond acceptors (Lipinski definition) is 20. The van der Waals surface area contributed by atoms with Gasteiger partial charge in [-0.05, 0) is 139 Å². The Balaban J connectivity index is 1.10. The number of amides is 13. The monoisotopic (exact) mass is 1630 g/mol. The molecule has 10 atom stereocenters. The number of primary amides is 1. The van der Waals surface area contributed by atoms with Crippen LogP contribution in [0, 0.1) is 5.92 Å². The number of nitrogens with one attached hydrogen (secondary N) is 12. The minimum atomic E-state index is -1.92. The molecule has 0 aliphatic carbocycles. The molecule has 117 heavy (non-hydrogen) atoms. The number of fused-ring (bicyclic) bond motifs is 1. The molecule has 33 nitrogen and oxygen atoms in total. The van der Waals surface area contributed by atoms with Gasteiger partial charge in [-0.15, -0.1) is 0 Å². The van der Waals surface area contributed by atoms with Crippen LogP contribution < -0.4 is 69.5 Å². The van der Waals surface area contributed by atoms with Gasteiger partial charge in [0, 0.05) is 87.3 Å². The molecule has 5 aromatic carbocycles. The number of aliphatic hydroxyl groups is 1. The van der Waals surface area contributed by atoms with E-state index in [1.54, 1.807) is 74.5 Å². The highest BCUT2D eigenvalue weighted by molar-refractivity contribution is 6.30. The summed E-state index contributed by atoms with van der Waals surface area (Å²) in [5.41, 5.74) is 7.89. The Morgan fingerprint density at radius 1 is 0.521 bits per heavy atom. The van der Waals surface area contributed by atoms with Crippen molar-refractivity contribution < 1.29 is 77.6 Å². The number of benzene rings is 5. The van der Waals surface area contributed by atoms with Crippen LogP contribution in [0.4, 0.5) is 11.4 Å². The number of halogens is 1. The highest BCUT2D eigenvalue weighted by atomic mass is 35.5. The molecule has 0 saturated carbocycles. The van der Waals surface area contributed by atoms with Gasteiger partial charge in [0.05, 0.1) is 12.8 Å². The van der Waals surface area contributed by atoms with Crippen LogP contribution in [0.3, 0.4) is 0 Å². The van der Waals surface area contributed by atoms with E-state index in [4.69, 9.17) is 17.3 Å². The molecule has 3 heterocycles. The fourth-order valence-electron chi connectivity index (χ4n) is 13.2. The number of unbranched alkanes of at least 4 members (excludes halogenated alkanes) is 1. The van der Waals surface area contributed by atoms with Gasteiger partial charge in [-0.25, -0.2) is 4.98 Å². The maximum atomic E-state index is 15.5. The second-order valence-corrected chi connectivity index (χ2v) is 30.0. The maximum absolute atomic E-state index is 15.5. The Kier molecular flexibility index (Phi) is 33.7. The molecule has 34 heteroatoms. The summed E-state index contributed by atoms with van der Waals surface area (Å²) < 4.78 is 0. The molecular formula is C83H102ClN17O16. The lowest BCUT2D eigenvalue weighted by atomic mass is 9.99. The zero-order chi connectivity index (χ0) is 85.0. The zero-order valence-electron chi connectivity index (χ0n) is 66.1. The number of nitrogens with zero attached hydrogens (tertiary/aromatic N) is 4. The van der Waals surface area contributed by atoms with Gasteiger partial charge in [0.2, 0.25) is 76.8 Å². The number of aromatic hydroxyl groups is 2. The molecule has 13 amide bonds. The number of carbonyl (C=O) groups is 13. The molecule has 0 spiro atoms. The van der Waals surface area contributed by atoms with Crippen molar-refractivity contribution in [2.24, 2.45) is 11.7 Å². The Hall–Kier alpha value is -12.5. The number of aromatic nitrogens is 3. The smallest absolute Gasteiger partial charge is 0.317 e. The van der Waals surface area contributed by atoms with Crippen LogP contribution in [0.2, 0.25) is 5.02 Å². The Labute approximate surface area is 681 Å². The number of pyridine rings is 1. The molecule has 2 aromatic heterocycles. The van der Waals surface area contributed by atoms with Gasteiger partial charge in [-0.1, -0.05) is 124 Å². The van der Waals surface area contributed by atoms with E-state index >= 15 is 14.4 Å². The van der Waals surface area contributed by atoms with Crippen LogP contribution in [-0.2, 0) is 89.6 Å². The highest BCUT2D eigenvalue weighted by Gasteiger charge is 2.41. The lowest BCUT2D eigenvalue weighted by Gasteiger charge is -2.31. The predicted molar refractivity (Wildman–Crippen MR) is 435 cm³/mol. The quantitative estimate of drug-likeness (QED) is 0.0245. The van der Waals surface area contributed by atoms with E-state index in [1.165, 1.54) is 62.3 Å². The lowest BCUT2D eigenvalue weighted by Crippen LogP contribution is -2.62. The van der Waals surface area contributed by atoms with Crippen LogP contribution in [0.1, 0.15) is 125 Å². The summed E-state index contributed by atoms with van der Waals surface area (Å²) in [5, 5.41) is 66.2. The van der Waals surface area contributed by atoms with Crippen molar-refractivity contribution in [1.29, 1.82) is 0 Å². The van der Waals surface area contributed by atoms with Crippen molar-refractivity contribution in [3.8, 4) is 11.9 Å². The average molecular weight is 1630 g/mol. The first kappa shape index (κ1) is 90.1. The first-order valence-corrected chi connectivity index (χ1v) is 38.9. The standard InChI is InChI=1S/C83H102ClN17O16/c1-46(2)36-63(74(108)93-62(17-10-11-34-87-47(3)4)82(116)101-35-13-18-70(101)81(115)89-48(5)71(85)105)94-76(110)66(39-52-22-29-59(30-23-52)90-49(6)103)96-78(112)67(40-53-24-31-60(32-25-53)92-72(106)61-44-88-83(117)100-73(61)107)98-80(114)69(45-102)99-79(113)68(42-55-14-12-33-86-43-55)97-77(111)65(38-51-20-27-58(84)28-21-51)95-75(109)64(91-50(7)104)41-54-19-26-56-15-8-9-16-57(56)37-54/h8-9,12,14-16,19-33,37,43-44,46-48,62-70,87,102H,10-11,13,17-18,34-36,38-42,45H2,1-7H3,(H2,85,105)(H,89,115)(H,90,103)(H,91,104)(H,92,106)(H,93,108)(H,94,110)(H,95,109)(H,96,112)(H,97,111)(H,98,114)(H,99,113)(H2,88,100,107,117)/t48-,62+,63+,64-,65-,66-,67+,68-,69+,70+/m1/s1. The molecule has 0 bridgehead atoms. The van der Waals surface area contributed by atoms with Crippen molar-refractivity contribution in [3.05, 3.63) is 184 Å². The van der Waals surface area contributed by atoms with Crippen molar-refractivity contribution in [3.63, 3.8) is 0 Å². The largest absolute Gasteiger partial charge is 0.493 e. The van der Waals surface area contributed by atoms with Gasteiger partial charge in [0.15, 0.2) is 0 Å². The van der Waals surface area contributed by atoms with Crippen molar-refractivity contribution in [1.82, 2.24) is 73.0 Å². The van der Waals surface area contributed by atoms with E-state index < -0.39 is 162 Å². The molecule has 0 unspecified atom stereocenters. The fraction of sp³-hybridized carbons (Fsp3) is 0.398. The molecule has 1 saturated heterocycles. The van der Waals surface area contributed by atoms with E-state index in [-0.39, 0.29) is 80.6 Å². The fourth-order valence-corrected chi connectivity index (χ4v) is 13.3. The van der Waals surface area contributed by atoms with Crippen molar-refractivity contribution >= 4 is 111 Å². The number of carbonyl (C=O) groups excluding carboxylic acids is 13. The SMILES string of the molecule is CC(=O)Nc1ccc(C[C@@H](NC(=O)[C@H](Cc2ccc(NC(=O)c3cnc(O)nc3O)cc2)NC(=O)[C@H](CO)NC(=O)[C@@H](Cc2cccnc2)NC(=O)[C@@H](Cc2ccc(Cl)cc2)NC(=O)[C@@H](Cc2ccc3ccccc3c2)NC(C)=O)C(=O)N[C@@H](CC(C)C)C(=O)N[C@@H](CCCCNC(C)C)C(=O)N2CCC[C@H]2C(=O)N[C@H](C)C(N)=O)cc1. The van der Waals surface area contributed by atoms with Gasteiger partial charge < -0.3 is 89.8 Å².